The Bertz CT molecular complexity index is 253. The first-order chi connectivity index (χ1) is 5.84. The van der Waals surface area contributed by atoms with E-state index in [-0.39, 0.29) is 0 Å². The van der Waals surface area contributed by atoms with Crippen LogP contribution in [0.1, 0.15) is 30.7 Å². The van der Waals surface area contributed by atoms with Crippen LogP contribution < -0.4 is 5.73 Å². The minimum absolute atomic E-state index is 0.438. The van der Waals surface area contributed by atoms with Crippen LogP contribution in [0, 0.1) is 5.92 Å². The first-order valence-corrected chi connectivity index (χ1v) is 5.20. The first-order valence-electron chi connectivity index (χ1n) is 4.42. The summed E-state index contributed by atoms with van der Waals surface area (Å²) in [7, 11) is 0. The van der Waals surface area contributed by atoms with Crippen molar-refractivity contribution >= 4 is 17.5 Å². The average Bonchev–Trinajstić information content (AvgIpc) is 2.63. The number of aromatic nitrogens is 2. The number of nitrogens with zero attached hydrogens (tertiary/aromatic N) is 2. The Morgan fingerprint density at radius 3 is 2.75 bits per heavy atom. The van der Waals surface area contributed by atoms with Crippen molar-refractivity contribution in [2.24, 2.45) is 5.92 Å². The summed E-state index contributed by atoms with van der Waals surface area (Å²) >= 11 is 1.45. The minimum Gasteiger partial charge on any atom is -0.367 e. The predicted octanol–water partition coefficient (Wildman–Crippen LogP) is 1.85. The zero-order chi connectivity index (χ0) is 8.39. The molecule has 1 heterocycles. The molecule has 0 atom stereocenters. The van der Waals surface area contributed by atoms with Crippen LogP contribution in [0.25, 0.3) is 0 Å². The molecule has 2 N–H and O–H groups in total. The molecule has 4 heteroatoms. The fourth-order valence-electron chi connectivity index (χ4n) is 1.81. The van der Waals surface area contributed by atoms with Crippen LogP contribution in [-0.2, 0) is 6.42 Å². The summed E-state index contributed by atoms with van der Waals surface area (Å²) in [5.41, 5.74) is 5.44. The van der Waals surface area contributed by atoms with Crippen LogP contribution in [0.4, 0.5) is 5.95 Å². The van der Waals surface area contributed by atoms with Crippen LogP contribution in [0.3, 0.4) is 0 Å². The van der Waals surface area contributed by atoms with E-state index in [1.807, 2.05) is 0 Å². The van der Waals surface area contributed by atoms with Gasteiger partial charge in [0.2, 0.25) is 5.95 Å². The van der Waals surface area contributed by atoms with Gasteiger partial charge in [-0.1, -0.05) is 25.7 Å². The molecule has 0 spiro atoms. The molecule has 12 heavy (non-hydrogen) atoms. The van der Waals surface area contributed by atoms with E-state index >= 15 is 0 Å². The molecular formula is C8H13N3S. The largest absolute Gasteiger partial charge is 0.367 e. The van der Waals surface area contributed by atoms with Crippen molar-refractivity contribution in [1.29, 1.82) is 0 Å². The van der Waals surface area contributed by atoms with Crippen molar-refractivity contribution in [2.75, 3.05) is 5.73 Å². The van der Waals surface area contributed by atoms with Gasteiger partial charge in [0, 0.05) is 6.42 Å². The number of hydrogen-bond donors (Lipinski definition) is 1. The van der Waals surface area contributed by atoms with Crippen molar-refractivity contribution in [3.05, 3.63) is 5.01 Å². The van der Waals surface area contributed by atoms with Gasteiger partial charge in [0.1, 0.15) is 5.01 Å². The zero-order valence-corrected chi connectivity index (χ0v) is 7.81. The van der Waals surface area contributed by atoms with E-state index in [0.717, 1.165) is 17.3 Å². The van der Waals surface area contributed by atoms with Gasteiger partial charge in [0.25, 0.3) is 0 Å². The molecule has 2 rings (SSSR count). The van der Waals surface area contributed by atoms with Gasteiger partial charge in [-0.3, -0.25) is 0 Å². The van der Waals surface area contributed by atoms with E-state index in [1.54, 1.807) is 0 Å². The van der Waals surface area contributed by atoms with Gasteiger partial charge < -0.3 is 5.73 Å². The molecule has 0 bridgehead atoms. The highest BCUT2D eigenvalue weighted by atomic mass is 32.1. The van der Waals surface area contributed by atoms with Gasteiger partial charge in [-0.05, 0) is 17.5 Å². The molecule has 1 aromatic rings. The van der Waals surface area contributed by atoms with Crippen molar-refractivity contribution in [3.8, 4) is 0 Å². The third-order valence-corrected chi connectivity index (χ3v) is 3.17. The van der Waals surface area contributed by atoms with E-state index in [0.29, 0.717) is 5.95 Å². The number of nitrogens with two attached hydrogens (primary N) is 1. The highest BCUT2D eigenvalue weighted by molar-refractivity contribution is 7.05. The summed E-state index contributed by atoms with van der Waals surface area (Å²) in [6.45, 7) is 0. The van der Waals surface area contributed by atoms with Crippen LogP contribution in [-0.4, -0.2) is 9.36 Å². The van der Waals surface area contributed by atoms with Gasteiger partial charge in [-0.25, -0.2) is 4.98 Å². The second-order valence-corrected chi connectivity index (χ2v) is 4.24. The third-order valence-electron chi connectivity index (χ3n) is 2.42. The lowest BCUT2D eigenvalue weighted by atomic mass is 10.1. The third kappa shape index (κ3) is 1.75. The lowest BCUT2D eigenvalue weighted by Gasteiger charge is -2.03. The molecular weight excluding hydrogens is 170 g/mol. The molecule has 0 aliphatic heterocycles. The van der Waals surface area contributed by atoms with E-state index < -0.39 is 0 Å². The summed E-state index contributed by atoms with van der Waals surface area (Å²) in [6, 6.07) is 0. The fraction of sp³-hybridized carbons (Fsp3) is 0.750. The highest BCUT2D eigenvalue weighted by Gasteiger charge is 2.16. The number of hydrogen-bond acceptors (Lipinski definition) is 4. The number of rotatable bonds is 2. The van der Waals surface area contributed by atoms with Gasteiger partial charge in [0.15, 0.2) is 0 Å². The van der Waals surface area contributed by atoms with E-state index in [9.17, 15) is 0 Å². The molecule has 0 aromatic carbocycles. The molecule has 1 aromatic heterocycles. The summed E-state index contributed by atoms with van der Waals surface area (Å²) in [4.78, 5) is 4.16. The first kappa shape index (κ1) is 7.98. The second kappa shape index (κ2) is 3.39. The minimum atomic E-state index is 0.438. The van der Waals surface area contributed by atoms with Gasteiger partial charge >= 0.3 is 0 Å². The van der Waals surface area contributed by atoms with Crippen molar-refractivity contribution < 1.29 is 0 Å². The molecule has 0 unspecified atom stereocenters. The van der Waals surface area contributed by atoms with E-state index in [4.69, 9.17) is 5.73 Å². The van der Waals surface area contributed by atoms with Crippen LogP contribution in [0.5, 0.6) is 0 Å². The zero-order valence-electron chi connectivity index (χ0n) is 6.99. The Balaban J connectivity index is 1.94. The maximum Gasteiger partial charge on any atom is 0.232 e. The second-order valence-electron chi connectivity index (χ2n) is 3.40. The molecule has 3 nitrogen and oxygen atoms in total. The Morgan fingerprint density at radius 2 is 2.17 bits per heavy atom. The lowest BCUT2D eigenvalue weighted by molar-refractivity contribution is 0.545. The molecule has 1 fully saturated rings. The SMILES string of the molecule is Nc1nsc(CC2CCCC2)n1. The maximum absolute atomic E-state index is 5.44. The highest BCUT2D eigenvalue weighted by Crippen LogP contribution is 2.28. The molecule has 0 amide bonds. The summed E-state index contributed by atoms with van der Waals surface area (Å²) < 4.78 is 3.97. The number of anilines is 1. The van der Waals surface area contributed by atoms with Crippen LogP contribution in [0.2, 0.25) is 0 Å². The molecule has 66 valence electrons. The fourth-order valence-corrected chi connectivity index (χ4v) is 2.50. The molecule has 0 radical (unpaired) electrons. The van der Waals surface area contributed by atoms with E-state index in [1.165, 1.54) is 37.2 Å². The quantitative estimate of drug-likeness (QED) is 0.761. The average molecular weight is 183 g/mol. The van der Waals surface area contributed by atoms with Crippen molar-refractivity contribution in [1.82, 2.24) is 9.36 Å². The normalized spacial score (nSPS) is 18.7. The maximum atomic E-state index is 5.44. The van der Waals surface area contributed by atoms with Gasteiger partial charge in [0.05, 0.1) is 0 Å². The number of nitrogen functional groups attached to an aromatic ring is 1. The summed E-state index contributed by atoms with van der Waals surface area (Å²) in [5, 5.41) is 1.11. The predicted molar refractivity (Wildman–Crippen MR) is 50.0 cm³/mol. The lowest BCUT2D eigenvalue weighted by Crippen LogP contribution is -1.98. The van der Waals surface area contributed by atoms with Crippen molar-refractivity contribution in [3.63, 3.8) is 0 Å². The Labute approximate surface area is 76.2 Å². The van der Waals surface area contributed by atoms with E-state index in [2.05, 4.69) is 9.36 Å². The summed E-state index contributed by atoms with van der Waals surface area (Å²) in [5.74, 6) is 1.28. The Morgan fingerprint density at radius 1 is 1.42 bits per heavy atom. The monoisotopic (exact) mass is 183 g/mol. The molecule has 1 saturated carbocycles. The standard InChI is InChI=1S/C8H13N3S/c9-8-10-7(12-11-8)5-6-3-1-2-4-6/h6H,1-5H2,(H2,9,11). The van der Waals surface area contributed by atoms with Crippen LogP contribution >= 0.6 is 11.5 Å². The van der Waals surface area contributed by atoms with Gasteiger partial charge in [-0.15, -0.1) is 0 Å². The molecule has 1 aliphatic rings. The smallest absolute Gasteiger partial charge is 0.232 e. The van der Waals surface area contributed by atoms with Crippen LogP contribution in [0.15, 0.2) is 0 Å². The Kier molecular flexibility index (Phi) is 2.26. The molecule has 0 saturated heterocycles. The summed E-state index contributed by atoms with van der Waals surface area (Å²) in [6.07, 6.45) is 6.59. The molecule has 1 aliphatic carbocycles. The Hall–Kier alpha value is -0.640. The topological polar surface area (TPSA) is 51.8 Å². The van der Waals surface area contributed by atoms with Crippen molar-refractivity contribution in [2.45, 2.75) is 32.1 Å². The van der Waals surface area contributed by atoms with Gasteiger partial charge in [-0.2, -0.15) is 4.37 Å².